The summed E-state index contributed by atoms with van der Waals surface area (Å²) in [7, 11) is 0. The van der Waals surface area contributed by atoms with E-state index in [1.54, 1.807) is 12.1 Å². The van der Waals surface area contributed by atoms with Crippen molar-refractivity contribution in [3.8, 4) is 0 Å². The van der Waals surface area contributed by atoms with Crippen LogP contribution in [-0.2, 0) is 4.84 Å². The summed E-state index contributed by atoms with van der Waals surface area (Å²) in [5, 5.41) is 0. The SMILES string of the molecule is NOCCC(=O)c1ccccc1. The first kappa shape index (κ1) is 8.90. The van der Waals surface area contributed by atoms with E-state index in [1.165, 1.54) is 0 Å². The molecule has 0 radical (unpaired) electrons. The molecule has 12 heavy (non-hydrogen) atoms. The molecule has 0 atom stereocenters. The number of carbonyl (C=O) groups excluding carboxylic acids is 1. The van der Waals surface area contributed by atoms with Gasteiger partial charge in [-0.2, -0.15) is 0 Å². The van der Waals surface area contributed by atoms with Gasteiger partial charge in [0.25, 0.3) is 0 Å². The van der Waals surface area contributed by atoms with Gasteiger partial charge in [-0.05, 0) is 0 Å². The van der Waals surface area contributed by atoms with Crippen LogP contribution in [0, 0.1) is 0 Å². The maximum Gasteiger partial charge on any atom is 0.165 e. The molecule has 3 nitrogen and oxygen atoms in total. The number of ketones is 1. The molecule has 0 aliphatic heterocycles. The van der Waals surface area contributed by atoms with Gasteiger partial charge in [0.05, 0.1) is 6.61 Å². The lowest BCUT2D eigenvalue weighted by molar-refractivity contribution is 0.0880. The van der Waals surface area contributed by atoms with E-state index in [4.69, 9.17) is 5.90 Å². The average Bonchev–Trinajstić information content (AvgIpc) is 2.15. The number of hydrogen-bond acceptors (Lipinski definition) is 3. The number of nitrogens with two attached hydrogens (primary N) is 1. The normalized spacial score (nSPS) is 9.75. The van der Waals surface area contributed by atoms with E-state index >= 15 is 0 Å². The minimum atomic E-state index is 0.0565. The highest BCUT2D eigenvalue weighted by atomic mass is 16.6. The Hall–Kier alpha value is -1.19. The quantitative estimate of drug-likeness (QED) is 0.537. The Kier molecular flexibility index (Phi) is 3.44. The fourth-order valence-electron chi connectivity index (χ4n) is 0.920. The molecule has 0 unspecified atom stereocenters. The van der Waals surface area contributed by atoms with Crippen LogP contribution >= 0.6 is 0 Å². The Labute approximate surface area is 71.1 Å². The van der Waals surface area contributed by atoms with Crippen molar-refractivity contribution < 1.29 is 9.63 Å². The smallest absolute Gasteiger partial charge is 0.165 e. The molecule has 0 spiro atoms. The van der Waals surface area contributed by atoms with Crippen LogP contribution in [0.5, 0.6) is 0 Å². The van der Waals surface area contributed by atoms with Crippen LogP contribution in [-0.4, -0.2) is 12.4 Å². The van der Waals surface area contributed by atoms with Crippen LogP contribution in [0.4, 0.5) is 0 Å². The summed E-state index contributed by atoms with van der Waals surface area (Å²) < 4.78 is 0. The van der Waals surface area contributed by atoms with E-state index in [0.29, 0.717) is 12.0 Å². The van der Waals surface area contributed by atoms with Gasteiger partial charge in [-0.25, -0.2) is 5.90 Å². The van der Waals surface area contributed by atoms with Gasteiger partial charge in [-0.15, -0.1) is 0 Å². The molecule has 64 valence electrons. The molecule has 0 aliphatic carbocycles. The summed E-state index contributed by atoms with van der Waals surface area (Å²) in [6.07, 6.45) is 0.334. The van der Waals surface area contributed by atoms with Crippen LogP contribution < -0.4 is 5.90 Å². The first-order chi connectivity index (χ1) is 5.84. The Balaban J connectivity index is 2.54. The van der Waals surface area contributed by atoms with Gasteiger partial charge < -0.3 is 4.84 Å². The lowest BCUT2D eigenvalue weighted by Crippen LogP contribution is -2.07. The van der Waals surface area contributed by atoms with Gasteiger partial charge in [0, 0.05) is 12.0 Å². The van der Waals surface area contributed by atoms with Gasteiger partial charge in [0.1, 0.15) is 0 Å². The molecule has 1 aromatic carbocycles. The topological polar surface area (TPSA) is 52.3 Å². The Morgan fingerprint density at radius 2 is 2.00 bits per heavy atom. The van der Waals surface area contributed by atoms with Crippen molar-refractivity contribution in [3.63, 3.8) is 0 Å². The minimum absolute atomic E-state index is 0.0565. The number of hydrogen-bond donors (Lipinski definition) is 1. The third-order valence-corrected chi connectivity index (χ3v) is 1.54. The van der Waals surface area contributed by atoms with Crippen molar-refractivity contribution in [1.29, 1.82) is 0 Å². The molecule has 0 amide bonds. The number of carbonyl (C=O) groups is 1. The summed E-state index contributed by atoms with van der Waals surface area (Å²) >= 11 is 0. The monoisotopic (exact) mass is 165 g/mol. The maximum atomic E-state index is 11.3. The van der Waals surface area contributed by atoms with Crippen molar-refractivity contribution in [2.24, 2.45) is 5.90 Å². The molecule has 2 N–H and O–H groups in total. The second-order valence-electron chi connectivity index (χ2n) is 2.41. The van der Waals surface area contributed by atoms with Crippen molar-refractivity contribution in [3.05, 3.63) is 35.9 Å². The molecule has 0 aliphatic rings. The van der Waals surface area contributed by atoms with Crippen LogP contribution in [0.1, 0.15) is 16.8 Å². The second-order valence-corrected chi connectivity index (χ2v) is 2.41. The molecule has 0 aromatic heterocycles. The highest BCUT2D eigenvalue weighted by Gasteiger charge is 2.02. The molecule has 0 heterocycles. The standard InChI is InChI=1S/C9H11NO2/c10-12-7-6-9(11)8-4-2-1-3-5-8/h1-5H,6-7,10H2. The molecule has 0 saturated carbocycles. The van der Waals surface area contributed by atoms with Crippen molar-refractivity contribution in [1.82, 2.24) is 0 Å². The average molecular weight is 165 g/mol. The van der Waals surface area contributed by atoms with Crippen LogP contribution in [0.2, 0.25) is 0 Å². The van der Waals surface area contributed by atoms with Gasteiger partial charge in [0.15, 0.2) is 5.78 Å². The largest absolute Gasteiger partial charge is 0.304 e. The summed E-state index contributed by atoms with van der Waals surface area (Å²) in [5.41, 5.74) is 0.703. The third kappa shape index (κ3) is 2.45. The summed E-state index contributed by atoms with van der Waals surface area (Å²) in [6.45, 7) is 0.272. The predicted molar refractivity (Wildman–Crippen MR) is 45.5 cm³/mol. The van der Waals surface area contributed by atoms with Crippen molar-refractivity contribution in [2.45, 2.75) is 6.42 Å². The van der Waals surface area contributed by atoms with Gasteiger partial charge >= 0.3 is 0 Å². The van der Waals surface area contributed by atoms with Gasteiger partial charge in [-0.3, -0.25) is 4.79 Å². The molecular formula is C9H11NO2. The first-order valence-corrected chi connectivity index (χ1v) is 3.74. The molecule has 0 bridgehead atoms. The van der Waals surface area contributed by atoms with Crippen LogP contribution in [0.25, 0.3) is 0 Å². The first-order valence-electron chi connectivity index (χ1n) is 3.74. The van der Waals surface area contributed by atoms with E-state index in [0.717, 1.165) is 0 Å². The molecular weight excluding hydrogens is 154 g/mol. The Bertz CT molecular complexity index is 246. The highest BCUT2D eigenvalue weighted by molar-refractivity contribution is 5.96. The Morgan fingerprint density at radius 3 is 2.58 bits per heavy atom. The fraction of sp³-hybridized carbons (Fsp3) is 0.222. The summed E-state index contributed by atoms with van der Waals surface area (Å²) in [4.78, 5) is 15.6. The molecule has 0 fully saturated rings. The fourth-order valence-corrected chi connectivity index (χ4v) is 0.920. The second kappa shape index (κ2) is 4.64. The van der Waals surface area contributed by atoms with Crippen LogP contribution in [0.15, 0.2) is 30.3 Å². The van der Waals surface area contributed by atoms with E-state index < -0.39 is 0 Å². The Morgan fingerprint density at radius 1 is 1.33 bits per heavy atom. The zero-order valence-corrected chi connectivity index (χ0v) is 6.69. The molecule has 1 aromatic rings. The van der Waals surface area contributed by atoms with Crippen molar-refractivity contribution >= 4 is 5.78 Å². The van der Waals surface area contributed by atoms with E-state index in [9.17, 15) is 4.79 Å². The predicted octanol–water partition coefficient (Wildman–Crippen LogP) is 1.15. The van der Waals surface area contributed by atoms with Crippen molar-refractivity contribution in [2.75, 3.05) is 6.61 Å². The van der Waals surface area contributed by atoms with Gasteiger partial charge in [-0.1, -0.05) is 30.3 Å². The summed E-state index contributed by atoms with van der Waals surface area (Å²) in [6, 6.07) is 9.08. The lowest BCUT2D eigenvalue weighted by Gasteiger charge is -1.98. The minimum Gasteiger partial charge on any atom is -0.304 e. The number of Topliss-reactive ketones (excluding diaryl/α,β-unsaturated/α-hetero) is 1. The van der Waals surface area contributed by atoms with Gasteiger partial charge in [0.2, 0.25) is 0 Å². The number of benzene rings is 1. The molecule has 0 saturated heterocycles. The maximum absolute atomic E-state index is 11.3. The van der Waals surface area contributed by atoms with E-state index in [-0.39, 0.29) is 12.4 Å². The van der Waals surface area contributed by atoms with E-state index in [1.807, 2.05) is 18.2 Å². The molecule has 3 heteroatoms. The lowest BCUT2D eigenvalue weighted by atomic mass is 10.1. The third-order valence-electron chi connectivity index (χ3n) is 1.54. The highest BCUT2D eigenvalue weighted by Crippen LogP contribution is 2.02. The molecule has 1 rings (SSSR count). The summed E-state index contributed by atoms with van der Waals surface area (Å²) in [5.74, 6) is 4.86. The zero-order valence-electron chi connectivity index (χ0n) is 6.69. The number of rotatable bonds is 4. The zero-order chi connectivity index (χ0) is 8.81. The van der Waals surface area contributed by atoms with E-state index in [2.05, 4.69) is 4.84 Å². The van der Waals surface area contributed by atoms with Crippen LogP contribution in [0.3, 0.4) is 0 Å².